The molecule has 2 fully saturated rings. The van der Waals surface area contributed by atoms with E-state index in [1.807, 2.05) is 20.0 Å². The maximum Gasteiger partial charge on any atom is 0.0718 e. The first kappa shape index (κ1) is 16.0. The summed E-state index contributed by atoms with van der Waals surface area (Å²) in [5, 5.41) is 18.2. The number of likely N-dealkylation sites (tertiary alicyclic amines) is 1. The van der Waals surface area contributed by atoms with E-state index in [4.69, 9.17) is 0 Å². The second-order valence-electron chi connectivity index (χ2n) is 7.76. The highest BCUT2D eigenvalue weighted by Gasteiger charge is 2.28. The molecule has 0 bridgehead atoms. The summed E-state index contributed by atoms with van der Waals surface area (Å²) in [5.41, 5.74) is 0.678. The molecule has 2 atom stereocenters. The van der Waals surface area contributed by atoms with E-state index in [1.165, 1.54) is 24.8 Å². The van der Waals surface area contributed by atoms with Crippen LogP contribution in [0.2, 0.25) is 0 Å². The summed E-state index contributed by atoms with van der Waals surface area (Å²) in [4.78, 5) is 2.35. The van der Waals surface area contributed by atoms with E-state index in [9.17, 15) is 5.11 Å². The van der Waals surface area contributed by atoms with Crippen molar-refractivity contribution >= 4 is 0 Å². The van der Waals surface area contributed by atoms with Gasteiger partial charge in [0, 0.05) is 36.9 Å². The number of hydrogen-bond acceptors (Lipinski definition) is 4. The molecule has 3 rings (SSSR count). The van der Waals surface area contributed by atoms with E-state index in [0.29, 0.717) is 18.1 Å². The van der Waals surface area contributed by atoms with E-state index >= 15 is 0 Å². The SMILES string of the molecule is CC(N[C@H]1CCN(CC(C)(C)O)C1)c1cnn(C2CCC2)c1. The molecule has 2 aliphatic rings. The smallest absolute Gasteiger partial charge is 0.0718 e. The van der Waals surface area contributed by atoms with Crippen LogP contribution in [0, 0.1) is 0 Å². The van der Waals surface area contributed by atoms with Crippen molar-refractivity contribution < 1.29 is 5.11 Å². The summed E-state index contributed by atoms with van der Waals surface area (Å²) in [5.74, 6) is 0. The second kappa shape index (κ2) is 6.30. The largest absolute Gasteiger partial charge is 0.389 e. The van der Waals surface area contributed by atoms with E-state index in [2.05, 4.69) is 33.1 Å². The summed E-state index contributed by atoms with van der Waals surface area (Å²) < 4.78 is 2.15. The van der Waals surface area contributed by atoms with Crippen LogP contribution in [0.25, 0.3) is 0 Å². The molecule has 0 spiro atoms. The van der Waals surface area contributed by atoms with Gasteiger partial charge >= 0.3 is 0 Å². The molecular formula is C17H30N4O. The van der Waals surface area contributed by atoms with Crippen LogP contribution in [0.15, 0.2) is 12.4 Å². The highest BCUT2D eigenvalue weighted by molar-refractivity contribution is 5.11. The Morgan fingerprint density at radius 1 is 1.41 bits per heavy atom. The van der Waals surface area contributed by atoms with Crippen LogP contribution < -0.4 is 5.32 Å². The van der Waals surface area contributed by atoms with Crippen molar-refractivity contribution in [2.45, 2.75) is 70.2 Å². The van der Waals surface area contributed by atoms with Crippen molar-refractivity contribution in [3.63, 3.8) is 0 Å². The summed E-state index contributed by atoms with van der Waals surface area (Å²) in [6.45, 7) is 8.82. The highest BCUT2D eigenvalue weighted by atomic mass is 16.3. The van der Waals surface area contributed by atoms with E-state index in [0.717, 1.165) is 26.1 Å². The van der Waals surface area contributed by atoms with Crippen LogP contribution in [0.3, 0.4) is 0 Å². The fourth-order valence-electron chi connectivity index (χ4n) is 3.54. The molecule has 1 aromatic heterocycles. The minimum Gasteiger partial charge on any atom is -0.389 e. The van der Waals surface area contributed by atoms with Crippen LogP contribution in [-0.4, -0.2) is 51.1 Å². The Labute approximate surface area is 133 Å². The van der Waals surface area contributed by atoms with Gasteiger partial charge in [-0.05, 0) is 53.0 Å². The van der Waals surface area contributed by atoms with Gasteiger partial charge in [0.1, 0.15) is 0 Å². The molecule has 1 aliphatic carbocycles. The van der Waals surface area contributed by atoms with E-state index in [1.54, 1.807) is 0 Å². The summed E-state index contributed by atoms with van der Waals surface area (Å²) in [6, 6.07) is 1.47. The number of aliphatic hydroxyl groups is 1. The van der Waals surface area contributed by atoms with Crippen LogP contribution in [0.1, 0.15) is 64.1 Å². The summed E-state index contributed by atoms with van der Waals surface area (Å²) >= 11 is 0. The minimum atomic E-state index is -0.607. The van der Waals surface area contributed by atoms with Gasteiger partial charge in [0.25, 0.3) is 0 Å². The zero-order valence-electron chi connectivity index (χ0n) is 14.1. The van der Waals surface area contributed by atoms with Crippen molar-refractivity contribution in [3.05, 3.63) is 18.0 Å². The number of rotatable bonds is 6. The van der Waals surface area contributed by atoms with Gasteiger partial charge in [0.15, 0.2) is 0 Å². The lowest BCUT2D eigenvalue weighted by Gasteiger charge is -2.26. The van der Waals surface area contributed by atoms with Crippen LogP contribution in [-0.2, 0) is 0 Å². The second-order valence-corrected chi connectivity index (χ2v) is 7.76. The zero-order valence-corrected chi connectivity index (χ0v) is 14.1. The van der Waals surface area contributed by atoms with Crippen molar-refractivity contribution in [2.24, 2.45) is 0 Å². The van der Waals surface area contributed by atoms with Gasteiger partial charge in [-0.3, -0.25) is 9.58 Å². The van der Waals surface area contributed by atoms with E-state index < -0.39 is 5.60 Å². The fraction of sp³-hybridized carbons (Fsp3) is 0.824. The molecule has 1 saturated heterocycles. The van der Waals surface area contributed by atoms with Gasteiger partial charge in [0.2, 0.25) is 0 Å². The van der Waals surface area contributed by atoms with Crippen molar-refractivity contribution in [3.8, 4) is 0 Å². The Morgan fingerprint density at radius 2 is 2.18 bits per heavy atom. The molecule has 22 heavy (non-hydrogen) atoms. The molecule has 5 heteroatoms. The maximum atomic E-state index is 9.93. The van der Waals surface area contributed by atoms with Crippen LogP contribution in [0.5, 0.6) is 0 Å². The van der Waals surface area contributed by atoms with Gasteiger partial charge in [-0.15, -0.1) is 0 Å². The Kier molecular flexibility index (Phi) is 4.57. The van der Waals surface area contributed by atoms with Crippen LogP contribution >= 0.6 is 0 Å². The van der Waals surface area contributed by atoms with Gasteiger partial charge in [-0.25, -0.2) is 0 Å². The number of nitrogens with one attached hydrogen (secondary N) is 1. The van der Waals surface area contributed by atoms with Gasteiger partial charge < -0.3 is 10.4 Å². The lowest BCUT2D eigenvalue weighted by Crippen LogP contribution is -2.40. The number of β-amino-alcohol motifs (C(OH)–C–C–N with tert-alkyl or cyclic N) is 1. The van der Waals surface area contributed by atoms with E-state index in [-0.39, 0.29) is 0 Å². The van der Waals surface area contributed by atoms with Crippen molar-refractivity contribution in [1.29, 1.82) is 0 Å². The maximum absolute atomic E-state index is 9.93. The monoisotopic (exact) mass is 306 g/mol. The summed E-state index contributed by atoms with van der Waals surface area (Å²) in [7, 11) is 0. The predicted octanol–water partition coefficient (Wildman–Crippen LogP) is 2.10. The lowest BCUT2D eigenvalue weighted by atomic mass is 9.93. The molecule has 1 unspecified atom stereocenters. The molecule has 2 heterocycles. The molecule has 0 radical (unpaired) electrons. The molecule has 124 valence electrons. The Balaban J connectivity index is 1.49. The quantitative estimate of drug-likeness (QED) is 0.845. The highest BCUT2D eigenvalue weighted by Crippen LogP contribution is 2.31. The Morgan fingerprint density at radius 3 is 2.82 bits per heavy atom. The van der Waals surface area contributed by atoms with Crippen LogP contribution in [0.4, 0.5) is 0 Å². The third-order valence-corrected chi connectivity index (χ3v) is 4.94. The van der Waals surface area contributed by atoms with Gasteiger partial charge in [0.05, 0.1) is 17.8 Å². The first-order chi connectivity index (χ1) is 10.4. The topological polar surface area (TPSA) is 53.3 Å². The average Bonchev–Trinajstić information content (AvgIpc) is 2.95. The number of nitrogens with zero attached hydrogens (tertiary/aromatic N) is 3. The molecule has 2 N–H and O–H groups in total. The predicted molar refractivity (Wildman–Crippen MR) is 87.8 cm³/mol. The van der Waals surface area contributed by atoms with Gasteiger partial charge in [-0.2, -0.15) is 5.10 Å². The fourth-order valence-corrected chi connectivity index (χ4v) is 3.54. The Bertz CT molecular complexity index is 489. The molecule has 1 aliphatic heterocycles. The molecule has 1 aromatic rings. The molecule has 0 aromatic carbocycles. The van der Waals surface area contributed by atoms with Crippen molar-refractivity contribution in [2.75, 3.05) is 19.6 Å². The third-order valence-electron chi connectivity index (χ3n) is 4.94. The molecule has 1 saturated carbocycles. The minimum absolute atomic E-state index is 0.334. The first-order valence-corrected chi connectivity index (χ1v) is 8.65. The van der Waals surface area contributed by atoms with Gasteiger partial charge in [-0.1, -0.05) is 0 Å². The molecule has 5 nitrogen and oxygen atoms in total. The molecule has 0 amide bonds. The Hall–Kier alpha value is -0.910. The molecular weight excluding hydrogens is 276 g/mol. The average molecular weight is 306 g/mol. The first-order valence-electron chi connectivity index (χ1n) is 8.65. The zero-order chi connectivity index (χ0) is 15.7. The van der Waals surface area contributed by atoms with Crippen molar-refractivity contribution in [1.82, 2.24) is 20.0 Å². The standard InChI is InChI=1S/C17H30N4O/c1-13(14-9-18-21(10-14)16-5-4-6-16)19-15-7-8-20(11-15)12-17(2,3)22/h9-10,13,15-16,19,22H,4-8,11-12H2,1-3H3/t13?,15-/m0/s1. The third kappa shape index (κ3) is 3.89. The number of hydrogen-bond donors (Lipinski definition) is 2. The normalized spacial score (nSPS) is 25.4. The number of aromatic nitrogens is 2. The summed E-state index contributed by atoms with van der Waals surface area (Å²) in [6.07, 6.45) is 9.27. The lowest BCUT2D eigenvalue weighted by molar-refractivity contribution is 0.0432.